The number of nitrogens with zero attached hydrogens (tertiary/aromatic N) is 3. The molecule has 0 radical (unpaired) electrons. The van der Waals surface area contributed by atoms with Crippen molar-refractivity contribution in [2.75, 3.05) is 6.61 Å². The number of fused-ring (bicyclic) bond motifs is 1. The number of pyridine rings is 1. The molecule has 84 valence electrons. The van der Waals surface area contributed by atoms with Gasteiger partial charge in [0.25, 0.3) is 0 Å². The summed E-state index contributed by atoms with van der Waals surface area (Å²) in [4.78, 5) is 0. The molecule has 2 aromatic heterocycles. The highest BCUT2D eigenvalue weighted by Crippen LogP contribution is 2.39. The van der Waals surface area contributed by atoms with E-state index in [0.29, 0.717) is 5.92 Å². The zero-order valence-corrected chi connectivity index (χ0v) is 8.87. The molecule has 1 saturated carbocycles. The van der Waals surface area contributed by atoms with Crippen molar-refractivity contribution < 1.29 is 5.11 Å². The molecule has 1 fully saturated rings. The van der Waals surface area contributed by atoms with Crippen LogP contribution in [0.25, 0.3) is 5.65 Å². The van der Waals surface area contributed by atoms with Crippen LogP contribution >= 0.6 is 0 Å². The molecule has 3 N–H and O–H groups in total. The fraction of sp³-hybridized carbons (Fsp3) is 0.455. The Morgan fingerprint density at radius 2 is 2.25 bits per heavy atom. The van der Waals surface area contributed by atoms with Gasteiger partial charge in [-0.15, -0.1) is 10.2 Å². The minimum atomic E-state index is -0.334. The third kappa shape index (κ3) is 1.48. The normalized spacial score (nSPS) is 17.9. The summed E-state index contributed by atoms with van der Waals surface area (Å²) in [5, 5.41) is 17.3. The van der Waals surface area contributed by atoms with Crippen molar-refractivity contribution in [1.29, 1.82) is 0 Å². The zero-order valence-electron chi connectivity index (χ0n) is 8.87. The van der Waals surface area contributed by atoms with E-state index < -0.39 is 0 Å². The maximum absolute atomic E-state index is 9.04. The molecule has 0 saturated heterocycles. The molecular formula is C11H14N4O. The average Bonchev–Trinajstić information content (AvgIpc) is 3.08. The maximum atomic E-state index is 9.04. The summed E-state index contributed by atoms with van der Waals surface area (Å²) in [5.74, 6) is 1.57. The number of hydrogen-bond donors (Lipinski definition) is 2. The molecule has 5 heteroatoms. The summed E-state index contributed by atoms with van der Waals surface area (Å²) in [5.41, 5.74) is 7.55. The summed E-state index contributed by atoms with van der Waals surface area (Å²) in [6.45, 7) is -0.0492. The molecule has 16 heavy (non-hydrogen) atoms. The van der Waals surface area contributed by atoms with E-state index in [1.807, 2.05) is 22.7 Å². The topological polar surface area (TPSA) is 76.4 Å². The van der Waals surface area contributed by atoms with Gasteiger partial charge in [0.15, 0.2) is 5.65 Å². The Labute approximate surface area is 92.9 Å². The minimum absolute atomic E-state index is 0.0492. The van der Waals surface area contributed by atoms with Gasteiger partial charge in [0.05, 0.1) is 12.6 Å². The first-order valence-corrected chi connectivity index (χ1v) is 5.50. The molecule has 1 atom stereocenters. The van der Waals surface area contributed by atoms with E-state index in [9.17, 15) is 0 Å². The van der Waals surface area contributed by atoms with Gasteiger partial charge in [-0.2, -0.15) is 0 Å². The van der Waals surface area contributed by atoms with Gasteiger partial charge in [0.1, 0.15) is 5.82 Å². The Morgan fingerprint density at radius 3 is 2.94 bits per heavy atom. The van der Waals surface area contributed by atoms with Crippen molar-refractivity contribution in [2.24, 2.45) is 5.73 Å². The smallest absolute Gasteiger partial charge is 0.160 e. The molecule has 0 amide bonds. The lowest BCUT2D eigenvalue weighted by atomic mass is 10.1. The van der Waals surface area contributed by atoms with Crippen LogP contribution in [0.1, 0.15) is 36.2 Å². The van der Waals surface area contributed by atoms with Crippen molar-refractivity contribution in [2.45, 2.75) is 24.8 Å². The van der Waals surface area contributed by atoms with Crippen LogP contribution in [-0.4, -0.2) is 26.3 Å². The number of nitrogens with two attached hydrogens (primary N) is 1. The van der Waals surface area contributed by atoms with Crippen molar-refractivity contribution in [3.05, 3.63) is 29.7 Å². The van der Waals surface area contributed by atoms with Crippen molar-refractivity contribution in [3.8, 4) is 0 Å². The van der Waals surface area contributed by atoms with Gasteiger partial charge in [-0.25, -0.2) is 0 Å². The first-order chi connectivity index (χ1) is 7.79. The Bertz CT molecular complexity index is 518. The van der Waals surface area contributed by atoms with Crippen molar-refractivity contribution in [3.63, 3.8) is 0 Å². The molecule has 3 rings (SSSR count). The van der Waals surface area contributed by atoms with E-state index in [0.717, 1.165) is 17.0 Å². The standard InChI is InChI=1S/C11H14N4O/c12-9(6-16)8-3-4-10-13-14-11(7-1-2-7)15(10)5-8/h3-5,7,9,16H,1-2,6,12H2. The largest absolute Gasteiger partial charge is 0.394 e. The SMILES string of the molecule is NC(CO)c1ccc2nnc(C3CC3)n2c1. The Kier molecular flexibility index (Phi) is 2.15. The van der Waals surface area contributed by atoms with Gasteiger partial charge < -0.3 is 10.8 Å². The zero-order chi connectivity index (χ0) is 11.1. The number of rotatable bonds is 3. The van der Waals surface area contributed by atoms with E-state index >= 15 is 0 Å². The third-order valence-electron chi connectivity index (χ3n) is 3.02. The highest BCUT2D eigenvalue weighted by molar-refractivity contribution is 5.41. The van der Waals surface area contributed by atoms with E-state index in [1.165, 1.54) is 12.8 Å². The van der Waals surface area contributed by atoms with Crippen LogP contribution < -0.4 is 5.73 Å². The molecule has 2 aromatic rings. The molecule has 0 aromatic carbocycles. The number of hydrogen-bond acceptors (Lipinski definition) is 4. The number of aliphatic hydroxyl groups excluding tert-OH is 1. The molecular weight excluding hydrogens is 204 g/mol. The average molecular weight is 218 g/mol. The van der Waals surface area contributed by atoms with Crippen LogP contribution in [0.2, 0.25) is 0 Å². The van der Waals surface area contributed by atoms with Gasteiger partial charge >= 0.3 is 0 Å². The fourth-order valence-electron chi connectivity index (χ4n) is 1.87. The summed E-state index contributed by atoms with van der Waals surface area (Å²) >= 11 is 0. The molecule has 1 aliphatic carbocycles. The van der Waals surface area contributed by atoms with Gasteiger partial charge in [0, 0.05) is 12.1 Å². The fourth-order valence-corrected chi connectivity index (χ4v) is 1.87. The Balaban J connectivity index is 2.10. The second-order valence-corrected chi connectivity index (χ2v) is 4.31. The summed E-state index contributed by atoms with van der Waals surface area (Å²) in [7, 11) is 0. The van der Waals surface area contributed by atoms with Gasteiger partial charge in [-0.1, -0.05) is 6.07 Å². The van der Waals surface area contributed by atoms with Crippen LogP contribution in [0, 0.1) is 0 Å². The maximum Gasteiger partial charge on any atom is 0.160 e. The number of aromatic nitrogens is 3. The molecule has 2 heterocycles. The number of aliphatic hydroxyl groups is 1. The minimum Gasteiger partial charge on any atom is -0.394 e. The quantitative estimate of drug-likeness (QED) is 0.791. The van der Waals surface area contributed by atoms with Crippen molar-refractivity contribution in [1.82, 2.24) is 14.6 Å². The van der Waals surface area contributed by atoms with E-state index in [2.05, 4.69) is 10.2 Å². The predicted octanol–water partition coefficient (Wildman–Crippen LogP) is 0.599. The van der Waals surface area contributed by atoms with Crippen molar-refractivity contribution >= 4 is 5.65 Å². The summed E-state index contributed by atoms with van der Waals surface area (Å²) in [6, 6.07) is 3.45. The van der Waals surface area contributed by atoms with Crippen LogP contribution in [-0.2, 0) is 0 Å². The first kappa shape index (κ1) is 9.74. The predicted molar refractivity (Wildman–Crippen MR) is 59.0 cm³/mol. The van der Waals surface area contributed by atoms with Crippen LogP contribution in [0.5, 0.6) is 0 Å². The molecule has 5 nitrogen and oxygen atoms in total. The molecule has 1 aliphatic rings. The first-order valence-electron chi connectivity index (χ1n) is 5.50. The Hall–Kier alpha value is -1.46. The van der Waals surface area contributed by atoms with E-state index in [4.69, 9.17) is 10.8 Å². The molecule has 1 unspecified atom stereocenters. The summed E-state index contributed by atoms with van der Waals surface area (Å²) in [6.07, 6.45) is 4.32. The Morgan fingerprint density at radius 1 is 1.44 bits per heavy atom. The van der Waals surface area contributed by atoms with E-state index in [1.54, 1.807) is 0 Å². The highest BCUT2D eigenvalue weighted by Gasteiger charge is 2.28. The van der Waals surface area contributed by atoms with Crippen LogP contribution in [0.4, 0.5) is 0 Å². The lowest BCUT2D eigenvalue weighted by Crippen LogP contribution is -2.15. The van der Waals surface area contributed by atoms with Gasteiger partial charge in [-0.3, -0.25) is 4.40 Å². The van der Waals surface area contributed by atoms with Gasteiger partial charge in [-0.05, 0) is 24.5 Å². The van der Waals surface area contributed by atoms with Gasteiger partial charge in [0.2, 0.25) is 0 Å². The highest BCUT2D eigenvalue weighted by atomic mass is 16.3. The lowest BCUT2D eigenvalue weighted by molar-refractivity contribution is 0.267. The second-order valence-electron chi connectivity index (χ2n) is 4.31. The lowest BCUT2D eigenvalue weighted by Gasteiger charge is -2.08. The molecule has 0 spiro atoms. The second kappa shape index (κ2) is 3.54. The molecule has 0 bridgehead atoms. The van der Waals surface area contributed by atoms with Crippen LogP contribution in [0.3, 0.4) is 0 Å². The summed E-state index contributed by atoms with van der Waals surface area (Å²) < 4.78 is 1.99. The third-order valence-corrected chi connectivity index (χ3v) is 3.02. The monoisotopic (exact) mass is 218 g/mol. The van der Waals surface area contributed by atoms with E-state index in [-0.39, 0.29) is 12.6 Å². The molecule has 0 aliphatic heterocycles. The van der Waals surface area contributed by atoms with Crippen LogP contribution in [0.15, 0.2) is 18.3 Å².